The van der Waals surface area contributed by atoms with Gasteiger partial charge >= 0.3 is 0 Å². The van der Waals surface area contributed by atoms with Crippen molar-refractivity contribution in [2.75, 3.05) is 0 Å². The molecule has 0 radical (unpaired) electrons. The van der Waals surface area contributed by atoms with E-state index in [1.165, 1.54) is 5.56 Å². The second-order valence-electron chi connectivity index (χ2n) is 4.99. The van der Waals surface area contributed by atoms with Crippen LogP contribution in [0.15, 0.2) is 45.4 Å². The van der Waals surface area contributed by atoms with E-state index >= 15 is 0 Å². The Balaban J connectivity index is 1.78. The third-order valence-corrected chi connectivity index (χ3v) is 3.54. The SMILES string of the molecule is Cc1cccc(OCc2nc(-c3ccco3)oc2C)c1C. The van der Waals surface area contributed by atoms with Crippen molar-refractivity contribution in [1.82, 2.24) is 4.98 Å². The number of nitrogens with zero attached hydrogens (tertiary/aromatic N) is 1. The Kier molecular flexibility index (Phi) is 3.52. The fraction of sp³-hybridized carbons (Fsp3) is 0.235. The van der Waals surface area contributed by atoms with Crippen molar-refractivity contribution in [2.24, 2.45) is 0 Å². The van der Waals surface area contributed by atoms with Crippen LogP contribution in [-0.2, 0) is 6.61 Å². The fourth-order valence-electron chi connectivity index (χ4n) is 2.09. The molecule has 4 heteroatoms. The Labute approximate surface area is 123 Å². The van der Waals surface area contributed by atoms with Gasteiger partial charge in [0.05, 0.1) is 6.26 Å². The lowest BCUT2D eigenvalue weighted by Gasteiger charge is -2.09. The summed E-state index contributed by atoms with van der Waals surface area (Å²) in [5.74, 6) is 2.72. The van der Waals surface area contributed by atoms with E-state index in [9.17, 15) is 0 Å². The van der Waals surface area contributed by atoms with Crippen molar-refractivity contribution < 1.29 is 13.6 Å². The largest absolute Gasteiger partial charge is 0.487 e. The lowest BCUT2D eigenvalue weighted by Crippen LogP contribution is -1.99. The third kappa shape index (κ3) is 2.70. The molecule has 0 N–H and O–H groups in total. The summed E-state index contributed by atoms with van der Waals surface area (Å²) in [5, 5.41) is 0. The second-order valence-corrected chi connectivity index (χ2v) is 4.99. The highest BCUT2D eigenvalue weighted by Gasteiger charge is 2.14. The second kappa shape index (κ2) is 5.48. The predicted octanol–water partition coefficient (Wildman–Crippen LogP) is 4.44. The zero-order chi connectivity index (χ0) is 14.8. The normalized spacial score (nSPS) is 10.8. The van der Waals surface area contributed by atoms with E-state index in [-0.39, 0.29) is 0 Å². The van der Waals surface area contributed by atoms with Gasteiger partial charge in [-0.25, -0.2) is 4.98 Å². The third-order valence-electron chi connectivity index (χ3n) is 3.54. The molecule has 0 fully saturated rings. The molecule has 3 aromatic rings. The molecule has 21 heavy (non-hydrogen) atoms. The number of oxazole rings is 1. The first-order valence-corrected chi connectivity index (χ1v) is 6.84. The van der Waals surface area contributed by atoms with E-state index in [4.69, 9.17) is 13.6 Å². The van der Waals surface area contributed by atoms with E-state index in [0.29, 0.717) is 18.3 Å². The van der Waals surface area contributed by atoms with Crippen molar-refractivity contribution in [2.45, 2.75) is 27.4 Å². The molecule has 0 bridgehead atoms. The van der Waals surface area contributed by atoms with E-state index in [0.717, 1.165) is 22.8 Å². The van der Waals surface area contributed by atoms with Gasteiger partial charge in [-0.2, -0.15) is 0 Å². The van der Waals surface area contributed by atoms with Gasteiger partial charge in [0, 0.05) is 0 Å². The number of rotatable bonds is 4. The minimum Gasteiger partial charge on any atom is -0.487 e. The molecule has 0 aliphatic rings. The van der Waals surface area contributed by atoms with Crippen molar-refractivity contribution in [3.8, 4) is 17.4 Å². The summed E-state index contributed by atoms with van der Waals surface area (Å²) in [6.07, 6.45) is 1.60. The standard InChI is InChI=1S/C17H17NO3/c1-11-6-4-7-15(12(11)2)20-10-14-13(3)21-17(18-14)16-8-5-9-19-16/h4-9H,10H2,1-3H3. The summed E-state index contributed by atoms with van der Waals surface area (Å²) < 4.78 is 16.8. The zero-order valence-corrected chi connectivity index (χ0v) is 12.3. The molecular formula is C17H17NO3. The maximum atomic E-state index is 5.86. The lowest BCUT2D eigenvalue weighted by atomic mass is 10.1. The van der Waals surface area contributed by atoms with Crippen LogP contribution >= 0.6 is 0 Å². The summed E-state index contributed by atoms with van der Waals surface area (Å²) >= 11 is 0. The van der Waals surface area contributed by atoms with Crippen LogP contribution in [0.5, 0.6) is 5.75 Å². The Morgan fingerprint density at radius 2 is 1.95 bits per heavy atom. The Morgan fingerprint density at radius 3 is 2.71 bits per heavy atom. The van der Waals surface area contributed by atoms with Gasteiger partial charge in [0.1, 0.15) is 23.8 Å². The molecule has 0 atom stereocenters. The molecule has 108 valence electrons. The van der Waals surface area contributed by atoms with Gasteiger partial charge in [-0.1, -0.05) is 12.1 Å². The van der Waals surface area contributed by atoms with E-state index in [1.807, 2.05) is 25.1 Å². The van der Waals surface area contributed by atoms with Crippen molar-refractivity contribution in [3.05, 3.63) is 59.2 Å². The lowest BCUT2D eigenvalue weighted by molar-refractivity contribution is 0.297. The van der Waals surface area contributed by atoms with Crippen molar-refractivity contribution in [1.29, 1.82) is 0 Å². The predicted molar refractivity (Wildman–Crippen MR) is 79.2 cm³/mol. The summed E-state index contributed by atoms with van der Waals surface area (Å²) in [6.45, 7) is 6.37. The number of furan rings is 1. The molecule has 1 aromatic carbocycles. The van der Waals surface area contributed by atoms with Crippen molar-refractivity contribution in [3.63, 3.8) is 0 Å². The van der Waals surface area contributed by atoms with Gasteiger partial charge in [-0.3, -0.25) is 0 Å². The zero-order valence-electron chi connectivity index (χ0n) is 12.3. The van der Waals surface area contributed by atoms with Crippen LogP contribution in [0.3, 0.4) is 0 Å². The molecule has 0 aliphatic heterocycles. The summed E-state index contributed by atoms with van der Waals surface area (Å²) in [7, 11) is 0. The number of aromatic nitrogens is 1. The van der Waals surface area contributed by atoms with Gasteiger partial charge in [0.2, 0.25) is 0 Å². The highest BCUT2D eigenvalue weighted by Crippen LogP contribution is 2.25. The first-order chi connectivity index (χ1) is 10.1. The van der Waals surface area contributed by atoms with Crippen LogP contribution < -0.4 is 4.74 Å². The number of hydrogen-bond acceptors (Lipinski definition) is 4. The Morgan fingerprint density at radius 1 is 1.10 bits per heavy atom. The van der Waals surface area contributed by atoms with Crippen LogP contribution in [0.4, 0.5) is 0 Å². The van der Waals surface area contributed by atoms with Gasteiger partial charge in [0.25, 0.3) is 5.89 Å². The number of ether oxygens (including phenoxy) is 1. The molecule has 2 heterocycles. The quantitative estimate of drug-likeness (QED) is 0.710. The number of benzene rings is 1. The van der Waals surface area contributed by atoms with Gasteiger partial charge in [-0.05, 0) is 50.1 Å². The first kappa shape index (κ1) is 13.5. The molecule has 0 aliphatic carbocycles. The van der Waals surface area contributed by atoms with Gasteiger partial charge < -0.3 is 13.6 Å². The summed E-state index contributed by atoms with van der Waals surface area (Å²) in [5.41, 5.74) is 3.13. The molecule has 4 nitrogen and oxygen atoms in total. The average molecular weight is 283 g/mol. The van der Waals surface area contributed by atoms with Crippen molar-refractivity contribution >= 4 is 0 Å². The average Bonchev–Trinajstić information content (AvgIpc) is 3.10. The summed E-state index contributed by atoms with van der Waals surface area (Å²) in [4.78, 5) is 4.43. The maximum absolute atomic E-state index is 5.86. The van der Waals surface area contributed by atoms with Crippen LogP contribution in [0.2, 0.25) is 0 Å². The van der Waals surface area contributed by atoms with E-state index in [2.05, 4.69) is 24.9 Å². The fourth-order valence-corrected chi connectivity index (χ4v) is 2.09. The highest BCUT2D eigenvalue weighted by atomic mass is 16.5. The van der Waals surface area contributed by atoms with Crippen LogP contribution in [0.1, 0.15) is 22.6 Å². The van der Waals surface area contributed by atoms with E-state index < -0.39 is 0 Å². The maximum Gasteiger partial charge on any atom is 0.263 e. The monoisotopic (exact) mass is 283 g/mol. The molecule has 0 unspecified atom stereocenters. The van der Waals surface area contributed by atoms with Gasteiger partial charge in [0.15, 0.2) is 5.76 Å². The minimum absolute atomic E-state index is 0.375. The molecule has 0 saturated heterocycles. The van der Waals surface area contributed by atoms with Crippen LogP contribution in [0.25, 0.3) is 11.7 Å². The Hall–Kier alpha value is -2.49. The molecule has 0 saturated carbocycles. The van der Waals surface area contributed by atoms with E-state index in [1.54, 1.807) is 12.3 Å². The topological polar surface area (TPSA) is 48.4 Å². The molecule has 0 amide bonds. The first-order valence-electron chi connectivity index (χ1n) is 6.84. The molecule has 2 aromatic heterocycles. The smallest absolute Gasteiger partial charge is 0.263 e. The molecular weight excluding hydrogens is 266 g/mol. The summed E-state index contributed by atoms with van der Waals surface area (Å²) in [6, 6.07) is 9.65. The molecule has 3 rings (SSSR count). The van der Waals surface area contributed by atoms with Crippen LogP contribution in [0, 0.1) is 20.8 Å². The number of aryl methyl sites for hydroxylation is 2. The van der Waals surface area contributed by atoms with Crippen LogP contribution in [-0.4, -0.2) is 4.98 Å². The molecule has 0 spiro atoms. The number of hydrogen-bond donors (Lipinski definition) is 0. The minimum atomic E-state index is 0.375. The Bertz CT molecular complexity index is 741. The van der Waals surface area contributed by atoms with Gasteiger partial charge in [-0.15, -0.1) is 0 Å². The highest BCUT2D eigenvalue weighted by molar-refractivity contribution is 5.44.